The quantitative estimate of drug-likeness (QED) is 0.901. The molecule has 0 aliphatic carbocycles. The molecule has 3 rings (SSSR count). The summed E-state index contributed by atoms with van der Waals surface area (Å²) >= 11 is 0. The molecule has 1 N–H and O–H groups in total. The highest BCUT2D eigenvalue weighted by Crippen LogP contribution is 2.33. The first-order valence-electron chi connectivity index (χ1n) is 5.68. The number of benzene rings is 1. The zero-order valence-electron chi connectivity index (χ0n) is 9.81. The van der Waals surface area contributed by atoms with Crippen LogP contribution in [-0.4, -0.2) is 27.1 Å². The minimum atomic E-state index is -0.963. The van der Waals surface area contributed by atoms with Crippen LogP contribution in [0.4, 0.5) is 0 Å². The molecule has 2 heterocycles. The Labute approximate surface area is 108 Å². The van der Waals surface area contributed by atoms with Gasteiger partial charge in [0, 0.05) is 24.8 Å². The van der Waals surface area contributed by atoms with E-state index in [1.807, 2.05) is 0 Å². The van der Waals surface area contributed by atoms with E-state index in [9.17, 15) is 4.79 Å². The fourth-order valence-corrected chi connectivity index (χ4v) is 1.87. The molecule has 1 atom stereocenters. The van der Waals surface area contributed by atoms with Gasteiger partial charge in [-0.3, -0.25) is 0 Å². The van der Waals surface area contributed by atoms with Gasteiger partial charge in [-0.15, -0.1) is 0 Å². The van der Waals surface area contributed by atoms with Crippen molar-refractivity contribution in [2.45, 2.75) is 12.5 Å². The molecule has 0 saturated carbocycles. The van der Waals surface area contributed by atoms with Crippen molar-refractivity contribution in [2.24, 2.45) is 0 Å². The molecule has 2 aromatic rings. The van der Waals surface area contributed by atoms with Crippen LogP contribution in [0.15, 0.2) is 36.8 Å². The van der Waals surface area contributed by atoms with Crippen LogP contribution < -0.4 is 9.47 Å². The summed E-state index contributed by atoms with van der Waals surface area (Å²) in [6.07, 6.45) is 2.52. The Kier molecular flexibility index (Phi) is 2.75. The number of carboxylic acids is 1. The molecular weight excluding hydrogens is 248 g/mol. The Morgan fingerprint density at radius 3 is 3.05 bits per heavy atom. The number of rotatable bonds is 3. The van der Waals surface area contributed by atoms with Gasteiger partial charge in [-0.05, 0) is 11.6 Å². The largest absolute Gasteiger partial charge is 0.478 e. The Balaban J connectivity index is 1.80. The van der Waals surface area contributed by atoms with Crippen molar-refractivity contribution >= 4 is 5.97 Å². The molecule has 1 aliphatic rings. The van der Waals surface area contributed by atoms with Crippen molar-refractivity contribution in [2.75, 3.05) is 0 Å². The minimum absolute atomic E-state index is 0.373. The SMILES string of the molecule is O=C(O)C1Cc2ccc(Oc3ccncn3)cc2O1. The summed E-state index contributed by atoms with van der Waals surface area (Å²) in [6, 6.07) is 6.86. The summed E-state index contributed by atoms with van der Waals surface area (Å²) in [5.41, 5.74) is 0.863. The van der Waals surface area contributed by atoms with E-state index in [0.717, 1.165) is 5.56 Å². The third-order valence-corrected chi connectivity index (χ3v) is 2.77. The van der Waals surface area contributed by atoms with Crippen LogP contribution in [0.5, 0.6) is 17.4 Å². The average Bonchev–Trinajstić information content (AvgIpc) is 2.83. The van der Waals surface area contributed by atoms with Gasteiger partial charge >= 0.3 is 5.97 Å². The molecule has 19 heavy (non-hydrogen) atoms. The zero-order chi connectivity index (χ0) is 13.2. The molecule has 6 heteroatoms. The maximum absolute atomic E-state index is 10.9. The number of ether oxygens (including phenoxy) is 2. The smallest absolute Gasteiger partial charge is 0.345 e. The van der Waals surface area contributed by atoms with Crippen LogP contribution >= 0.6 is 0 Å². The maximum atomic E-state index is 10.9. The number of hydrogen-bond donors (Lipinski definition) is 1. The van der Waals surface area contributed by atoms with E-state index in [0.29, 0.717) is 23.8 Å². The van der Waals surface area contributed by atoms with E-state index < -0.39 is 12.1 Å². The number of carbonyl (C=O) groups is 1. The standard InChI is InChI=1S/C13H10N2O4/c16-13(17)11-5-8-1-2-9(6-10(8)19-11)18-12-3-4-14-7-15-12/h1-4,6-7,11H,5H2,(H,16,17). The summed E-state index contributed by atoms with van der Waals surface area (Å²) in [5.74, 6) is 0.541. The fraction of sp³-hybridized carbons (Fsp3) is 0.154. The lowest BCUT2D eigenvalue weighted by molar-refractivity contribution is -0.144. The molecule has 0 saturated heterocycles. The van der Waals surface area contributed by atoms with Gasteiger partial charge in [-0.2, -0.15) is 0 Å². The Morgan fingerprint density at radius 1 is 1.42 bits per heavy atom. The van der Waals surface area contributed by atoms with E-state index in [1.54, 1.807) is 30.5 Å². The molecule has 1 aromatic carbocycles. The van der Waals surface area contributed by atoms with Gasteiger partial charge in [0.1, 0.15) is 17.8 Å². The Bertz CT molecular complexity index is 615. The topological polar surface area (TPSA) is 81.5 Å². The second-order valence-corrected chi connectivity index (χ2v) is 4.07. The lowest BCUT2D eigenvalue weighted by atomic mass is 10.1. The number of hydrogen-bond acceptors (Lipinski definition) is 5. The van der Waals surface area contributed by atoms with Crippen molar-refractivity contribution in [3.8, 4) is 17.4 Å². The van der Waals surface area contributed by atoms with Gasteiger partial charge in [0.05, 0.1) is 0 Å². The zero-order valence-corrected chi connectivity index (χ0v) is 9.81. The van der Waals surface area contributed by atoms with Crippen molar-refractivity contribution in [1.29, 1.82) is 0 Å². The summed E-state index contributed by atoms with van der Waals surface area (Å²) in [4.78, 5) is 18.6. The van der Waals surface area contributed by atoms with Crippen molar-refractivity contribution < 1.29 is 19.4 Å². The van der Waals surface area contributed by atoms with Crippen LogP contribution in [0.25, 0.3) is 0 Å². The molecular formula is C13H10N2O4. The van der Waals surface area contributed by atoms with Crippen LogP contribution in [0.1, 0.15) is 5.56 Å². The first kappa shape index (κ1) is 11.5. The number of fused-ring (bicyclic) bond motifs is 1. The lowest BCUT2D eigenvalue weighted by Crippen LogP contribution is -2.24. The lowest BCUT2D eigenvalue weighted by Gasteiger charge is -2.06. The number of aliphatic carboxylic acids is 1. The van der Waals surface area contributed by atoms with Gasteiger partial charge in [0.2, 0.25) is 5.88 Å². The summed E-state index contributed by atoms with van der Waals surface area (Å²) in [5, 5.41) is 8.92. The van der Waals surface area contributed by atoms with Crippen LogP contribution in [0.3, 0.4) is 0 Å². The second kappa shape index (κ2) is 4.56. The normalized spacial score (nSPS) is 16.5. The minimum Gasteiger partial charge on any atom is -0.478 e. The van der Waals surface area contributed by atoms with Crippen molar-refractivity contribution in [3.05, 3.63) is 42.4 Å². The highest BCUT2D eigenvalue weighted by molar-refractivity contribution is 5.74. The van der Waals surface area contributed by atoms with Crippen LogP contribution in [0, 0.1) is 0 Å². The molecule has 0 spiro atoms. The molecule has 0 amide bonds. The van der Waals surface area contributed by atoms with Gasteiger partial charge in [-0.25, -0.2) is 14.8 Å². The molecule has 0 bridgehead atoms. The third-order valence-electron chi connectivity index (χ3n) is 2.77. The van der Waals surface area contributed by atoms with Crippen LogP contribution in [0.2, 0.25) is 0 Å². The van der Waals surface area contributed by atoms with E-state index in [1.165, 1.54) is 6.33 Å². The first-order chi connectivity index (χ1) is 9.22. The number of carboxylic acid groups (broad SMARTS) is 1. The molecule has 0 fully saturated rings. The second-order valence-electron chi connectivity index (χ2n) is 4.07. The maximum Gasteiger partial charge on any atom is 0.345 e. The molecule has 1 aliphatic heterocycles. The predicted molar refractivity (Wildman–Crippen MR) is 64.3 cm³/mol. The van der Waals surface area contributed by atoms with Crippen LogP contribution in [-0.2, 0) is 11.2 Å². The first-order valence-corrected chi connectivity index (χ1v) is 5.68. The van der Waals surface area contributed by atoms with Gasteiger partial charge in [-0.1, -0.05) is 6.07 Å². The summed E-state index contributed by atoms with van der Waals surface area (Å²) < 4.78 is 10.9. The number of nitrogens with zero attached hydrogens (tertiary/aromatic N) is 2. The molecule has 96 valence electrons. The van der Waals surface area contributed by atoms with E-state index in [-0.39, 0.29) is 0 Å². The Hall–Kier alpha value is -2.63. The average molecular weight is 258 g/mol. The third kappa shape index (κ3) is 2.33. The highest BCUT2D eigenvalue weighted by Gasteiger charge is 2.29. The predicted octanol–water partition coefficient (Wildman–Crippen LogP) is 1.66. The Morgan fingerprint density at radius 2 is 2.32 bits per heavy atom. The molecule has 1 unspecified atom stereocenters. The van der Waals surface area contributed by atoms with Crippen molar-refractivity contribution in [1.82, 2.24) is 9.97 Å². The van der Waals surface area contributed by atoms with E-state index in [2.05, 4.69) is 9.97 Å². The van der Waals surface area contributed by atoms with Gasteiger partial charge in [0.15, 0.2) is 6.10 Å². The van der Waals surface area contributed by atoms with Gasteiger partial charge in [0.25, 0.3) is 0 Å². The summed E-state index contributed by atoms with van der Waals surface area (Å²) in [6.45, 7) is 0. The molecule has 1 aromatic heterocycles. The van der Waals surface area contributed by atoms with E-state index >= 15 is 0 Å². The monoisotopic (exact) mass is 258 g/mol. The fourth-order valence-electron chi connectivity index (χ4n) is 1.87. The highest BCUT2D eigenvalue weighted by atomic mass is 16.5. The van der Waals surface area contributed by atoms with Gasteiger partial charge < -0.3 is 14.6 Å². The van der Waals surface area contributed by atoms with Crippen molar-refractivity contribution in [3.63, 3.8) is 0 Å². The number of aromatic nitrogens is 2. The molecule has 6 nitrogen and oxygen atoms in total. The summed E-state index contributed by atoms with van der Waals surface area (Å²) in [7, 11) is 0. The molecule has 0 radical (unpaired) electrons. The van der Waals surface area contributed by atoms with E-state index in [4.69, 9.17) is 14.6 Å².